The number of rotatable bonds is 7. The Morgan fingerprint density at radius 1 is 0.739 bits per heavy atom. The Morgan fingerprint density at radius 3 is 1.43 bits per heavy atom. The van der Waals surface area contributed by atoms with E-state index in [4.69, 9.17) is 0 Å². The van der Waals surface area contributed by atoms with Gasteiger partial charge in [-0.05, 0) is 0 Å². The van der Waals surface area contributed by atoms with Crippen LogP contribution in [-0.4, -0.2) is 44.0 Å². The molecule has 0 amide bonds. The maximum Gasteiger partial charge on any atom is 0.460 e. The maximum absolute atomic E-state index is 13.0. The van der Waals surface area contributed by atoms with E-state index in [-0.39, 0.29) is 0 Å². The Balaban J connectivity index is 5.47. The summed E-state index contributed by atoms with van der Waals surface area (Å²) in [7, 11) is -0.201. The molecule has 0 spiro atoms. The standard InChI is InChI=1S/C8H6ClF11O2S/c9-23(21,22)2-1-4(10,11)3-5(12,13)6(14,15)7(16,17)8(18,19)20/h1-3H2. The molecule has 0 aromatic carbocycles. The van der Waals surface area contributed by atoms with Gasteiger partial charge in [0.2, 0.25) is 9.05 Å². The fraction of sp³-hybridized carbons (Fsp3) is 1.00. The summed E-state index contributed by atoms with van der Waals surface area (Å²) in [5.74, 6) is -27.7. The third-order valence-corrected chi connectivity index (χ3v) is 3.56. The fourth-order valence-electron chi connectivity index (χ4n) is 1.20. The molecule has 2 nitrogen and oxygen atoms in total. The van der Waals surface area contributed by atoms with Crippen LogP contribution in [0.15, 0.2) is 0 Å². The van der Waals surface area contributed by atoms with E-state index in [1.54, 1.807) is 0 Å². The van der Waals surface area contributed by atoms with Crippen LogP contribution in [-0.2, 0) is 9.05 Å². The minimum atomic E-state index is -7.29. The van der Waals surface area contributed by atoms with Crippen molar-refractivity contribution >= 4 is 19.7 Å². The summed E-state index contributed by atoms with van der Waals surface area (Å²) in [5, 5.41) is 0. The lowest BCUT2D eigenvalue weighted by molar-refractivity contribution is -0.400. The van der Waals surface area contributed by atoms with Crippen molar-refractivity contribution in [3.8, 4) is 0 Å². The predicted octanol–water partition coefficient (Wildman–Crippen LogP) is 4.44. The van der Waals surface area contributed by atoms with Crippen molar-refractivity contribution < 1.29 is 56.7 Å². The van der Waals surface area contributed by atoms with E-state index in [0.29, 0.717) is 0 Å². The zero-order valence-corrected chi connectivity index (χ0v) is 12.0. The minimum Gasteiger partial charge on any atom is -0.212 e. The first-order valence-corrected chi connectivity index (χ1v) is 7.64. The summed E-state index contributed by atoms with van der Waals surface area (Å²) in [5.41, 5.74) is 0. The second-order valence-electron chi connectivity index (χ2n) is 4.38. The Kier molecular flexibility index (Phi) is 5.94. The number of hydrogen-bond donors (Lipinski definition) is 0. The fourth-order valence-corrected chi connectivity index (χ4v) is 1.98. The zero-order chi connectivity index (χ0) is 19.1. The highest BCUT2D eigenvalue weighted by Gasteiger charge is 2.82. The molecular formula is C8H6ClF11O2S. The molecule has 0 saturated carbocycles. The molecule has 15 heteroatoms. The Morgan fingerprint density at radius 2 is 1.13 bits per heavy atom. The molecular weight excluding hydrogens is 405 g/mol. The Bertz CT molecular complexity index is 525. The quantitative estimate of drug-likeness (QED) is 0.459. The highest BCUT2D eigenvalue weighted by Crippen LogP contribution is 2.55. The van der Waals surface area contributed by atoms with Crippen LogP contribution < -0.4 is 0 Å². The number of halogens is 12. The number of hydrogen-bond acceptors (Lipinski definition) is 2. The first-order chi connectivity index (χ1) is 9.66. The minimum absolute atomic E-state index is 1.70. The van der Waals surface area contributed by atoms with Crippen LogP contribution in [0.5, 0.6) is 0 Å². The average molecular weight is 411 g/mol. The van der Waals surface area contributed by atoms with Gasteiger partial charge in [-0.25, -0.2) is 17.2 Å². The smallest absolute Gasteiger partial charge is 0.212 e. The van der Waals surface area contributed by atoms with Gasteiger partial charge in [-0.1, -0.05) is 0 Å². The number of alkyl halides is 11. The van der Waals surface area contributed by atoms with Crippen molar-refractivity contribution in [2.75, 3.05) is 5.75 Å². The van der Waals surface area contributed by atoms with Crippen LogP contribution in [0, 0.1) is 0 Å². The lowest BCUT2D eigenvalue weighted by Crippen LogP contribution is -2.61. The molecule has 0 bridgehead atoms. The molecule has 0 aromatic rings. The lowest BCUT2D eigenvalue weighted by Gasteiger charge is -2.35. The summed E-state index contributed by atoms with van der Waals surface area (Å²) < 4.78 is 158. The molecule has 0 aliphatic carbocycles. The van der Waals surface area contributed by atoms with Gasteiger partial charge >= 0.3 is 23.9 Å². The van der Waals surface area contributed by atoms with E-state index in [1.807, 2.05) is 0 Å². The summed E-state index contributed by atoms with van der Waals surface area (Å²) >= 11 is 0. The SMILES string of the molecule is O=S(=O)(Cl)CCC(F)(F)CC(F)(F)C(F)(F)C(F)(F)C(F)(F)F. The first-order valence-electron chi connectivity index (χ1n) is 5.17. The molecule has 0 atom stereocenters. The molecule has 23 heavy (non-hydrogen) atoms. The van der Waals surface area contributed by atoms with Crippen LogP contribution in [0.2, 0.25) is 0 Å². The van der Waals surface area contributed by atoms with E-state index < -0.39 is 57.5 Å². The van der Waals surface area contributed by atoms with E-state index in [1.165, 1.54) is 0 Å². The highest BCUT2D eigenvalue weighted by molar-refractivity contribution is 8.13. The molecule has 0 aromatic heterocycles. The molecule has 0 saturated heterocycles. The average Bonchev–Trinajstić information content (AvgIpc) is 2.22. The highest BCUT2D eigenvalue weighted by atomic mass is 35.7. The predicted molar refractivity (Wildman–Crippen MR) is 54.7 cm³/mol. The molecule has 0 heterocycles. The molecule has 0 radical (unpaired) electrons. The topological polar surface area (TPSA) is 34.1 Å². The monoisotopic (exact) mass is 410 g/mol. The van der Waals surface area contributed by atoms with Crippen LogP contribution in [0.3, 0.4) is 0 Å². The summed E-state index contributed by atoms with van der Waals surface area (Å²) in [6.45, 7) is 0. The maximum atomic E-state index is 13.0. The summed E-state index contributed by atoms with van der Waals surface area (Å²) in [6.07, 6.45) is -12.7. The van der Waals surface area contributed by atoms with Gasteiger partial charge in [-0.3, -0.25) is 0 Å². The summed E-state index contributed by atoms with van der Waals surface area (Å²) in [6, 6.07) is 0. The molecule has 0 unspecified atom stereocenters. The molecule has 140 valence electrons. The van der Waals surface area contributed by atoms with Gasteiger partial charge in [0.25, 0.3) is 5.92 Å². The van der Waals surface area contributed by atoms with Gasteiger partial charge in [0.15, 0.2) is 0 Å². The van der Waals surface area contributed by atoms with Crippen LogP contribution in [0.1, 0.15) is 12.8 Å². The third kappa shape index (κ3) is 5.22. The molecule has 0 N–H and O–H groups in total. The van der Waals surface area contributed by atoms with E-state index in [2.05, 4.69) is 10.7 Å². The Labute approximate surface area is 126 Å². The van der Waals surface area contributed by atoms with Crippen LogP contribution in [0.4, 0.5) is 48.3 Å². The van der Waals surface area contributed by atoms with Crippen molar-refractivity contribution in [1.29, 1.82) is 0 Å². The van der Waals surface area contributed by atoms with Gasteiger partial charge in [0, 0.05) is 17.1 Å². The van der Waals surface area contributed by atoms with Gasteiger partial charge in [-0.15, -0.1) is 0 Å². The molecule has 0 rings (SSSR count). The largest absolute Gasteiger partial charge is 0.460 e. The van der Waals surface area contributed by atoms with Crippen molar-refractivity contribution in [3.05, 3.63) is 0 Å². The van der Waals surface area contributed by atoms with Crippen molar-refractivity contribution in [3.63, 3.8) is 0 Å². The zero-order valence-electron chi connectivity index (χ0n) is 10.4. The first kappa shape index (κ1) is 22.5. The molecule has 0 aliphatic rings. The van der Waals surface area contributed by atoms with E-state index in [0.717, 1.165) is 0 Å². The lowest BCUT2D eigenvalue weighted by atomic mass is 9.97. The van der Waals surface area contributed by atoms with E-state index in [9.17, 15) is 56.7 Å². The van der Waals surface area contributed by atoms with Crippen molar-refractivity contribution in [2.24, 2.45) is 0 Å². The van der Waals surface area contributed by atoms with Crippen molar-refractivity contribution in [1.82, 2.24) is 0 Å². The van der Waals surface area contributed by atoms with Gasteiger partial charge in [0.1, 0.15) is 0 Å². The second-order valence-corrected chi connectivity index (χ2v) is 7.27. The third-order valence-electron chi connectivity index (χ3n) is 2.40. The van der Waals surface area contributed by atoms with Crippen LogP contribution in [0.25, 0.3) is 0 Å². The van der Waals surface area contributed by atoms with Gasteiger partial charge in [-0.2, -0.15) is 39.5 Å². The summed E-state index contributed by atoms with van der Waals surface area (Å²) in [4.78, 5) is 0. The normalized spacial score (nSPS) is 15.8. The van der Waals surface area contributed by atoms with Gasteiger partial charge < -0.3 is 0 Å². The molecule has 0 aliphatic heterocycles. The van der Waals surface area contributed by atoms with Crippen LogP contribution >= 0.6 is 10.7 Å². The van der Waals surface area contributed by atoms with Gasteiger partial charge in [0.05, 0.1) is 12.2 Å². The van der Waals surface area contributed by atoms with E-state index >= 15 is 0 Å². The van der Waals surface area contributed by atoms with Crippen molar-refractivity contribution in [2.45, 2.75) is 42.7 Å². The Hall–Kier alpha value is -0.530. The molecule has 0 fully saturated rings. The second kappa shape index (κ2) is 6.08.